The van der Waals surface area contributed by atoms with Gasteiger partial charge in [-0.05, 0) is 13.0 Å². The Morgan fingerprint density at radius 1 is 1.59 bits per heavy atom. The van der Waals surface area contributed by atoms with E-state index in [2.05, 4.69) is 0 Å². The minimum Gasteiger partial charge on any atom is -0.493 e. The van der Waals surface area contributed by atoms with Gasteiger partial charge in [0, 0.05) is 11.5 Å². The first kappa shape index (κ1) is 11.9. The standard InChI is InChI=1S/C13H16O4/c1-3-16-12(14)13(15)9(2)8-17-11-7-5-4-6-10(11)13/h4-7,9,15H,3,8H2,1-2H3. The van der Waals surface area contributed by atoms with E-state index in [0.29, 0.717) is 17.9 Å². The van der Waals surface area contributed by atoms with Gasteiger partial charge in [0.1, 0.15) is 5.75 Å². The molecule has 4 nitrogen and oxygen atoms in total. The van der Waals surface area contributed by atoms with Crippen LogP contribution in [-0.4, -0.2) is 24.3 Å². The maximum Gasteiger partial charge on any atom is 0.343 e. The molecule has 0 spiro atoms. The van der Waals surface area contributed by atoms with Crippen LogP contribution in [0.1, 0.15) is 19.4 Å². The summed E-state index contributed by atoms with van der Waals surface area (Å²) in [5.41, 5.74) is -1.12. The molecule has 1 aromatic carbocycles. The van der Waals surface area contributed by atoms with Gasteiger partial charge in [-0.25, -0.2) is 4.79 Å². The molecule has 0 bridgehead atoms. The van der Waals surface area contributed by atoms with Crippen LogP contribution in [0.2, 0.25) is 0 Å². The molecule has 1 aliphatic heterocycles. The predicted octanol–water partition coefficient (Wildman–Crippen LogP) is 1.47. The number of hydrogen-bond acceptors (Lipinski definition) is 4. The van der Waals surface area contributed by atoms with Crippen LogP contribution in [0.4, 0.5) is 0 Å². The first-order valence-electron chi connectivity index (χ1n) is 5.72. The summed E-state index contributed by atoms with van der Waals surface area (Å²) in [6, 6.07) is 7.01. The Morgan fingerprint density at radius 2 is 2.29 bits per heavy atom. The lowest BCUT2D eigenvalue weighted by molar-refractivity contribution is -0.176. The van der Waals surface area contributed by atoms with E-state index in [0.717, 1.165) is 0 Å². The van der Waals surface area contributed by atoms with Crippen molar-refractivity contribution in [3.63, 3.8) is 0 Å². The van der Waals surface area contributed by atoms with Crippen molar-refractivity contribution in [3.05, 3.63) is 29.8 Å². The zero-order valence-electron chi connectivity index (χ0n) is 9.97. The Kier molecular flexibility index (Phi) is 3.07. The van der Waals surface area contributed by atoms with Crippen molar-refractivity contribution >= 4 is 5.97 Å². The molecule has 0 aliphatic carbocycles. The van der Waals surface area contributed by atoms with E-state index in [9.17, 15) is 9.90 Å². The van der Waals surface area contributed by atoms with Crippen LogP contribution in [0, 0.1) is 5.92 Å². The lowest BCUT2D eigenvalue weighted by Crippen LogP contribution is -2.48. The monoisotopic (exact) mass is 236 g/mol. The van der Waals surface area contributed by atoms with Crippen molar-refractivity contribution in [3.8, 4) is 5.75 Å². The molecule has 1 aliphatic rings. The highest BCUT2D eigenvalue weighted by atomic mass is 16.6. The second-order valence-electron chi connectivity index (χ2n) is 4.20. The molecule has 0 aromatic heterocycles. The van der Waals surface area contributed by atoms with Crippen molar-refractivity contribution in [2.24, 2.45) is 5.92 Å². The Balaban J connectivity index is 2.48. The van der Waals surface area contributed by atoms with E-state index in [1.807, 2.05) is 0 Å². The minimum absolute atomic E-state index is 0.247. The van der Waals surface area contributed by atoms with Gasteiger partial charge in [-0.3, -0.25) is 0 Å². The van der Waals surface area contributed by atoms with Crippen LogP contribution in [-0.2, 0) is 15.1 Å². The average molecular weight is 236 g/mol. The lowest BCUT2D eigenvalue weighted by Gasteiger charge is -2.37. The molecule has 2 rings (SSSR count). The zero-order chi connectivity index (χ0) is 12.5. The molecule has 17 heavy (non-hydrogen) atoms. The third kappa shape index (κ3) is 1.78. The molecule has 0 amide bonds. The fourth-order valence-corrected chi connectivity index (χ4v) is 2.06. The summed E-state index contributed by atoms with van der Waals surface area (Å²) in [6.07, 6.45) is 0. The van der Waals surface area contributed by atoms with Gasteiger partial charge >= 0.3 is 5.97 Å². The summed E-state index contributed by atoms with van der Waals surface area (Å²) in [5.74, 6) is -0.402. The van der Waals surface area contributed by atoms with Gasteiger partial charge in [-0.1, -0.05) is 25.1 Å². The molecule has 1 N–H and O–H groups in total. The number of para-hydroxylation sites is 1. The number of fused-ring (bicyclic) bond motifs is 1. The van der Waals surface area contributed by atoms with Gasteiger partial charge in [0.05, 0.1) is 13.2 Å². The first-order valence-corrected chi connectivity index (χ1v) is 5.72. The quantitative estimate of drug-likeness (QED) is 0.790. The van der Waals surface area contributed by atoms with Crippen LogP contribution in [0.25, 0.3) is 0 Å². The molecule has 0 fully saturated rings. The Morgan fingerprint density at radius 3 is 3.00 bits per heavy atom. The SMILES string of the molecule is CCOC(=O)C1(O)c2ccccc2OCC1C. The topological polar surface area (TPSA) is 55.8 Å². The summed E-state index contributed by atoms with van der Waals surface area (Å²) in [5, 5.41) is 10.6. The number of aliphatic hydroxyl groups is 1. The molecule has 0 radical (unpaired) electrons. The molecule has 2 atom stereocenters. The van der Waals surface area contributed by atoms with Crippen LogP contribution in [0.15, 0.2) is 24.3 Å². The summed E-state index contributed by atoms with van der Waals surface area (Å²) >= 11 is 0. The van der Waals surface area contributed by atoms with E-state index in [4.69, 9.17) is 9.47 Å². The van der Waals surface area contributed by atoms with Crippen molar-refractivity contribution < 1.29 is 19.4 Å². The van der Waals surface area contributed by atoms with Gasteiger partial charge in [-0.2, -0.15) is 0 Å². The van der Waals surface area contributed by atoms with E-state index >= 15 is 0 Å². The highest BCUT2D eigenvalue weighted by molar-refractivity contribution is 5.83. The number of carbonyl (C=O) groups is 1. The highest BCUT2D eigenvalue weighted by Crippen LogP contribution is 2.40. The van der Waals surface area contributed by atoms with Gasteiger partial charge in [-0.15, -0.1) is 0 Å². The molecule has 2 unspecified atom stereocenters. The summed E-state index contributed by atoms with van der Waals surface area (Å²) in [4.78, 5) is 12.0. The van der Waals surface area contributed by atoms with Gasteiger partial charge in [0.15, 0.2) is 5.60 Å². The number of carbonyl (C=O) groups excluding carboxylic acids is 1. The van der Waals surface area contributed by atoms with E-state index < -0.39 is 11.6 Å². The van der Waals surface area contributed by atoms with Crippen LogP contribution < -0.4 is 4.74 Å². The van der Waals surface area contributed by atoms with Crippen molar-refractivity contribution in [1.82, 2.24) is 0 Å². The molecular formula is C13H16O4. The maximum absolute atomic E-state index is 12.0. The lowest BCUT2D eigenvalue weighted by atomic mass is 9.80. The number of benzene rings is 1. The van der Waals surface area contributed by atoms with E-state index in [-0.39, 0.29) is 12.5 Å². The van der Waals surface area contributed by atoms with E-state index in [1.54, 1.807) is 38.1 Å². The van der Waals surface area contributed by atoms with Gasteiger partial charge < -0.3 is 14.6 Å². The molecule has 4 heteroatoms. The van der Waals surface area contributed by atoms with Crippen molar-refractivity contribution in [2.75, 3.05) is 13.2 Å². The van der Waals surface area contributed by atoms with Gasteiger partial charge in [0.25, 0.3) is 0 Å². The molecule has 1 heterocycles. The normalized spacial score (nSPS) is 26.9. The Hall–Kier alpha value is -1.55. The number of esters is 1. The third-order valence-electron chi connectivity index (χ3n) is 3.09. The minimum atomic E-state index is -1.61. The molecule has 0 saturated heterocycles. The fourth-order valence-electron chi connectivity index (χ4n) is 2.06. The van der Waals surface area contributed by atoms with Crippen LogP contribution >= 0.6 is 0 Å². The predicted molar refractivity (Wildman–Crippen MR) is 61.6 cm³/mol. The Bertz CT molecular complexity index is 429. The molecule has 1 aromatic rings. The molecular weight excluding hydrogens is 220 g/mol. The smallest absolute Gasteiger partial charge is 0.343 e. The van der Waals surface area contributed by atoms with E-state index in [1.165, 1.54) is 0 Å². The zero-order valence-corrected chi connectivity index (χ0v) is 9.97. The fraction of sp³-hybridized carbons (Fsp3) is 0.462. The first-order chi connectivity index (χ1) is 8.10. The highest BCUT2D eigenvalue weighted by Gasteiger charge is 2.49. The second kappa shape index (κ2) is 4.37. The van der Waals surface area contributed by atoms with Crippen molar-refractivity contribution in [2.45, 2.75) is 19.4 Å². The summed E-state index contributed by atoms with van der Waals surface area (Å²) in [7, 11) is 0. The second-order valence-corrected chi connectivity index (χ2v) is 4.20. The van der Waals surface area contributed by atoms with Crippen molar-refractivity contribution in [1.29, 1.82) is 0 Å². The third-order valence-corrected chi connectivity index (χ3v) is 3.09. The average Bonchev–Trinajstić information content (AvgIpc) is 2.34. The number of rotatable bonds is 2. The largest absolute Gasteiger partial charge is 0.493 e. The van der Waals surface area contributed by atoms with Crippen LogP contribution in [0.5, 0.6) is 5.75 Å². The molecule has 0 saturated carbocycles. The summed E-state index contributed by atoms with van der Waals surface area (Å²) in [6.45, 7) is 4.03. The van der Waals surface area contributed by atoms with Gasteiger partial charge in [0.2, 0.25) is 0 Å². The number of hydrogen-bond donors (Lipinski definition) is 1. The number of ether oxygens (including phenoxy) is 2. The molecule has 92 valence electrons. The summed E-state index contributed by atoms with van der Waals surface area (Å²) < 4.78 is 10.5. The Labute approximate surface area is 100 Å². The maximum atomic E-state index is 12.0. The van der Waals surface area contributed by atoms with Crippen LogP contribution in [0.3, 0.4) is 0 Å².